The first-order valence-corrected chi connectivity index (χ1v) is 9.70. The number of fused-ring (bicyclic) bond motifs is 1. The highest BCUT2D eigenvalue weighted by molar-refractivity contribution is 7.92. The van der Waals surface area contributed by atoms with E-state index < -0.39 is 10.0 Å². The van der Waals surface area contributed by atoms with Crippen molar-refractivity contribution < 1.29 is 22.7 Å². The van der Waals surface area contributed by atoms with Crippen molar-refractivity contribution in [1.29, 1.82) is 0 Å². The van der Waals surface area contributed by atoms with Gasteiger partial charge in [-0.05, 0) is 36.2 Å². The van der Waals surface area contributed by atoms with E-state index in [4.69, 9.17) is 9.47 Å². The molecule has 1 N–H and O–H groups in total. The number of nitrogens with one attached hydrogen (secondary N) is 1. The van der Waals surface area contributed by atoms with Crippen molar-refractivity contribution in [2.75, 3.05) is 36.1 Å². The minimum Gasteiger partial charge on any atom is -0.497 e. The van der Waals surface area contributed by atoms with Gasteiger partial charge in [0.15, 0.2) is 12.4 Å². The van der Waals surface area contributed by atoms with Crippen molar-refractivity contribution in [3.63, 3.8) is 0 Å². The molecule has 138 valence electrons. The van der Waals surface area contributed by atoms with E-state index in [1.54, 1.807) is 32.4 Å². The molecule has 0 aliphatic carbocycles. The fourth-order valence-corrected chi connectivity index (χ4v) is 3.79. The molecule has 1 aliphatic rings. The average molecular weight is 376 g/mol. The van der Waals surface area contributed by atoms with Crippen molar-refractivity contribution in [3.8, 4) is 11.5 Å². The number of para-hydroxylation sites is 1. The van der Waals surface area contributed by atoms with E-state index in [0.717, 1.165) is 5.56 Å². The zero-order valence-electron chi connectivity index (χ0n) is 14.6. The number of nitrogens with zero attached hydrogens (tertiary/aromatic N) is 1. The Kier molecular flexibility index (Phi) is 5.03. The minimum absolute atomic E-state index is 0.0847. The maximum atomic E-state index is 12.5. The fourth-order valence-electron chi connectivity index (χ4n) is 2.68. The van der Waals surface area contributed by atoms with E-state index in [-0.39, 0.29) is 18.3 Å². The number of amides is 1. The largest absolute Gasteiger partial charge is 0.497 e. The molecule has 26 heavy (non-hydrogen) atoms. The summed E-state index contributed by atoms with van der Waals surface area (Å²) >= 11 is 0. The molecule has 0 fully saturated rings. The van der Waals surface area contributed by atoms with Crippen molar-refractivity contribution in [2.24, 2.45) is 0 Å². The molecule has 1 heterocycles. The number of sulfonamides is 1. The lowest BCUT2D eigenvalue weighted by Crippen LogP contribution is -2.35. The summed E-state index contributed by atoms with van der Waals surface area (Å²) in [5, 5.41) is 0. The summed E-state index contributed by atoms with van der Waals surface area (Å²) in [6, 6.07) is 12.3. The summed E-state index contributed by atoms with van der Waals surface area (Å²) < 4.78 is 38.1. The molecule has 0 spiro atoms. The van der Waals surface area contributed by atoms with Crippen LogP contribution in [0.2, 0.25) is 0 Å². The second-order valence-corrected chi connectivity index (χ2v) is 7.76. The molecular weight excluding hydrogens is 356 g/mol. The van der Waals surface area contributed by atoms with Gasteiger partial charge in [-0.15, -0.1) is 0 Å². The number of carbonyl (C=O) groups excluding carboxylic acids is 1. The molecule has 1 amide bonds. The van der Waals surface area contributed by atoms with Crippen LogP contribution >= 0.6 is 0 Å². The van der Waals surface area contributed by atoms with E-state index in [1.807, 2.05) is 24.3 Å². The number of benzene rings is 2. The molecule has 0 radical (unpaired) electrons. The molecule has 0 bridgehead atoms. The van der Waals surface area contributed by atoms with Gasteiger partial charge in [-0.3, -0.25) is 9.52 Å². The summed E-state index contributed by atoms with van der Waals surface area (Å²) in [4.78, 5) is 13.2. The first-order valence-electron chi connectivity index (χ1n) is 8.05. The first-order chi connectivity index (χ1) is 12.4. The Morgan fingerprint density at radius 1 is 1.23 bits per heavy atom. The maximum absolute atomic E-state index is 12.5. The Hall–Kier alpha value is -2.74. The third-order valence-corrected chi connectivity index (χ3v) is 5.40. The van der Waals surface area contributed by atoms with Crippen molar-refractivity contribution in [1.82, 2.24) is 0 Å². The number of aryl methyl sites for hydroxylation is 1. The van der Waals surface area contributed by atoms with Gasteiger partial charge in [-0.25, -0.2) is 8.42 Å². The lowest BCUT2D eigenvalue weighted by molar-refractivity contribution is -0.120. The van der Waals surface area contributed by atoms with Gasteiger partial charge in [0.05, 0.1) is 24.2 Å². The van der Waals surface area contributed by atoms with E-state index in [9.17, 15) is 13.2 Å². The summed E-state index contributed by atoms with van der Waals surface area (Å²) in [5.41, 5.74) is 1.73. The van der Waals surface area contributed by atoms with Gasteiger partial charge in [0.25, 0.3) is 5.91 Å². The van der Waals surface area contributed by atoms with Crippen LogP contribution in [0.5, 0.6) is 11.5 Å². The summed E-state index contributed by atoms with van der Waals surface area (Å²) in [6.45, 7) is -0.119. The van der Waals surface area contributed by atoms with Crippen LogP contribution in [-0.2, 0) is 21.2 Å². The van der Waals surface area contributed by atoms with Gasteiger partial charge in [0.2, 0.25) is 10.0 Å². The van der Waals surface area contributed by atoms with Crippen LogP contribution in [0.15, 0.2) is 42.5 Å². The van der Waals surface area contributed by atoms with Crippen LogP contribution in [0.1, 0.15) is 5.56 Å². The zero-order chi connectivity index (χ0) is 18.7. The van der Waals surface area contributed by atoms with Crippen LogP contribution in [-0.4, -0.2) is 40.8 Å². The quantitative estimate of drug-likeness (QED) is 0.834. The van der Waals surface area contributed by atoms with Gasteiger partial charge >= 0.3 is 0 Å². The third-order valence-electron chi connectivity index (χ3n) is 4.13. The van der Waals surface area contributed by atoms with Crippen LogP contribution in [0.4, 0.5) is 11.4 Å². The van der Waals surface area contributed by atoms with Gasteiger partial charge in [0, 0.05) is 7.05 Å². The fraction of sp³-hybridized carbons (Fsp3) is 0.278. The normalized spacial score (nSPS) is 13.8. The topological polar surface area (TPSA) is 84.9 Å². The number of hydrogen-bond acceptors (Lipinski definition) is 5. The maximum Gasteiger partial charge on any atom is 0.264 e. The van der Waals surface area contributed by atoms with Crippen molar-refractivity contribution >= 4 is 27.3 Å². The van der Waals surface area contributed by atoms with Crippen LogP contribution < -0.4 is 19.1 Å². The average Bonchev–Trinajstić information content (AvgIpc) is 2.63. The number of carbonyl (C=O) groups is 1. The molecule has 1 aliphatic heterocycles. The van der Waals surface area contributed by atoms with Crippen LogP contribution in [0, 0.1) is 0 Å². The summed E-state index contributed by atoms with van der Waals surface area (Å²) in [5.74, 6) is 0.777. The van der Waals surface area contributed by atoms with Gasteiger partial charge in [0.1, 0.15) is 5.75 Å². The molecule has 3 rings (SSSR count). The summed E-state index contributed by atoms with van der Waals surface area (Å²) in [6.07, 6.45) is 0.348. The van der Waals surface area contributed by atoms with E-state index in [1.165, 1.54) is 4.90 Å². The second kappa shape index (κ2) is 7.25. The SMILES string of the molecule is COc1cccc(CCS(=O)(=O)Nc2cccc3c2OCC(=O)N3C)c1. The summed E-state index contributed by atoms with van der Waals surface area (Å²) in [7, 11) is -0.394. The number of methoxy groups -OCH3 is 1. The lowest BCUT2D eigenvalue weighted by Gasteiger charge is -2.27. The highest BCUT2D eigenvalue weighted by atomic mass is 32.2. The molecule has 8 heteroatoms. The van der Waals surface area contributed by atoms with E-state index in [2.05, 4.69) is 4.72 Å². The zero-order valence-corrected chi connectivity index (χ0v) is 15.4. The first kappa shape index (κ1) is 18.1. The standard InChI is InChI=1S/C18H20N2O5S/c1-20-16-8-4-7-15(18(16)25-12-17(20)21)19-26(22,23)10-9-13-5-3-6-14(11-13)24-2/h3-8,11,19H,9-10,12H2,1-2H3. The Bertz CT molecular complexity index is 927. The van der Waals surface area contributed by atoms with Crippen LogP contribution in [0.3, 0.4) is 0 Å². The Balaban J connectivity index is 1.75. The molecule has 2 aromatic carbocycles. The number of likely N-dealkylation sites (N-methyl/N-ethyl adjacent to an activating group) is 1. The second-order valence-electron chi connectivity index (χ2n) is 5.92. The minimum atomic E-state index is -3.59. The van der Waals surface area contributed by atoms with Crippen molar-refractivity contribution in [3.05, 3.63) is 48.0 Å². The molecule has 0 aromatic heterocycles. The van der Waals surface area contributed by atoms with Crippen molar-refractivity contribution in [2.45, 2.75) is 6.42 Å². The Morgan fingerprint density at radius 2 is 2.00 bits per heavy atom. The predicted octanol–water partition coefficient (Wildman–Crippen LogP) is 2.03. The monoisotopic (exact) mass is 376 g/mol. The number of ether oxygens (including phenoxy) is 2. The number of anilines is 2. The van der Waals surface area contributed by atoms with Gasteiger partial charge < -0.3 is 14.4 Å². The third kappa shape index (κ3) is 3.91. The predicted molar refractivity (Wildman–Crippen MR) is 99.5 cm³/mol. The number of hydrogen-bond donors (Lipinski definition) is 1. The van der Waals surface area contributed by atoms with E-state index >= 15 is 0 Å². The smallest absolute Gasteiger partial charge is 0.264 e. The van der Waals surface area contributed by atoms with Gasteiger partial charge in [-0.1, -0.05) is 18.2 Å². The Labute approximate surface area is 152 Å². The molecule has 0 unspecified atom stereocenters. The number of rotatable bonds is 6. The lowest BCUT2D eigenvalue weighted by atomic mass is 10.2. The highest BCUT2D eigenvalue weighted by Crippen LogP contribution is 2.38. The highest BCUT2D eigenvalue weighted by Gasteiger charge is 2.25. The molecule has 0 saturated heterocycles. The molecule has 7 nitrogen and oxygen atoms in total. The Morgan fingerprint density at radius 3 is 2.77 bits per heavy atom. The molecule has 0 atom stereocenters. The van der Waals surface area contributed by atoms with Gasteiger partial charge in [-0.2, -0.15) is 0 Å². The molecular formula is C18H20N2O5S. The van der Waals surface area contributed by atoms with Crippen LogP contribution in [0.25, 0.3) is 0 Å². The molecule has 0 saturated carbocycles. The molecule has 2 aromatic rings. The van der Waals surface area contributed by atoms with E-state index in [0.29, 0.717) is 29.3 Å².